The first-order valence-corrected chi connectivity index (χ1v) is 15.7. The van der Waals surface area contributed by atoms with Crippen molar-refractivity contribution >= 4 is 57.8 Å². The molecule has 46 heavy (non-hydrogen) atoms. The standard InChI is InChI=1S/C33H30Cl3N7O3/c34-23-3-12-29(30(35)18-23)33(45,19-43-22-37-21-39-43)20-46-27-10-8-26(9-11-27)42-16-14-41(15-17-42)25-6-4-24(5-7-25)40-32(44)28-2-1-13-38-31(28)36/h1-13,18,21-22,45H,14-17,19-20H2,(H,40,44). The molecule has 1 aliphatic rings. The molecule has 1 aliphatic heterocycles. The summed E-state index contributed by atoms with van der Waals surface area (Å²) in [5, 5.41) is 19.7. The molecule has 3 aromatic carbocycles. The van der Waals surface area contributed by atoms with Gasteiger partial charge in [0.05, 0.1) is 12.1 Å². The van der Waals surface area contributed by atoms with E-state index in [1.54, 1.807) is 36.5 Å². The molecule has 1 fully saturated rings. The topological polar surface area (TPSA) is 109 Å². The Morgan fingerprint density at radius 3 is 2.20 bits per heavy atom. The van der Waals surface area contributed by atoms with Crippen molar-refractivity contribution in [1.29, 1.82) is 0 Å². The van der Waals surface area contributed by atoms with Crippen molar-refractivity contribution in [2.45, 2.75) is 12.1 Å². The molecule has 6 rings (SSSR count). The van der Waals surface area contributed by atoms with Gasteiger partial charge in [0.25, 0.3) is 5.91 Å². The monoisotopic (exact) mass is 677 g/mol. The Balaban J connectivity index is 1.04. The van der Waals surface area contributed by atoms with Gasteiger partial charge in [-0.25, -0.2) is 14.6 Å². The normalized spacial score (nSPS) is 14.5. The second-order valence-corrected chi connectivity index (χ2v) is 12.0. The maximum atomic E-state index is 12.5. The molecule has 1 atom stereocenters. The van der Waals surface area contributed by atoms with Crippen LogP contribution < -0.4 is 19.9 Å². The lowest BCUT2D eigenvalue weighted by Crippen LogP contribution is -2.46. The van der Waals surface area contributed by atoms with Crippen LogP contribution in [0, 0.1) is 0 Å². The number of nitrogens with zero attached hydrogens (tertiary/aromatic N) is 6. The van der Waals surface area contributed by atoms with E-state index in [2.05, 4.69) is 30.2 Å². The van der Waals surface area contributed by atoms with Crippen LogP contribution in [-0.4, -0.2) is 63.5 Å². The van der Waals surface area contributed by atoms with Crippen molar-refractivity contribution in [1.82, 2.24) is 19.7 Å². The van der Waals surface area contributed by atoms with Gasteiger partial charge in [0.1, 0.15) is 35.8 Å². The summed E-state index contributed by atoms with van der Waals surface area (Å²) in [5.41, 5.74) is 2.18. The van der Waals surface area contributed by atoms with Crippen LogP contribution in [0.15, 0.2) is 97.7 Å². The highest BCUT2D eigenvalue weighted by atomic mass is 35.5. The first kappa shape index (κ1) is 31.6. The Labute approximate surface area is 281 Å². The van der Waals surface area contributed by atoms with E-state index in [1.165, 1.54) is 17.3 Å². The van der Waals surface area contributed by atoms with Crippen LogP contribution in [0.4, 0.5) is 17.1 Å². The van der Waals surface area contributed by atoms with Crippen molar-refractivity contribution in [2.24, 2.45) is 0 Å². The van der Waals surface area contributed by atoms with Crippen LogP contribution in [0.2, 0.25) is 15.2 Å². The van der Waals surface area contributed by atoms with E-state index in [9.17, 15) is 9.90 Å². The smallest absolute Gasteiger partial charge is 0.258 e. The molecule has 236 valence electrons. The molecule has 1 unspecified atom stereocenters. The van der Waals surface area contributed by atoms with Crippen LogP contribution in [0.5, 0.6) is 5.75 Å². The average molecular weight is 679 g/mol. The molecule has 2 N–H and O–H groups in total. The van der Waals surface area contributed by atoms with Gasteiger partial charge in [-0.3, -0.25) is 4.79 Å². The van der Waals surface area contributed by atoms with Gasteiger partial charge < -0.3 is 25.0 Å². The van der Waals surface area contributed by atoms with Gasteiger partial charge in [-0.15, -0.1) is 0 Å². The third-order valence-electron chi connectivity index (χ3n) is 7.78. The van der Waals surface area contributed by atoms with Crippen LogP contribution >= 0.6 is 34.8 Å². The van der Waals surface area contributed by atoms with Gasteiger partial charge in [-0.05, 0) is 72.8 Å². The largest absolute Gasteiger partial charge is 0.490 e. The fourth-order valence-electron chi connectivity index (χ4n) is 5.35. The number of anilines is 3. The number of ether oxygens (including phenoxy) is 1. The molecule has 1 saturated heterocycles. The molecule has 0 spiro atoms. The second-order valence-electron chi connectivity index (χ2n) is 10.8. The van der Waals surface area contributed by atoms with Crippen LogP contribution in [0.3, 0.4) is 0 Å². The first-order chi connectivity index (χ1) is 22.3. The van der Waals surface area contributed by atoms with Crippen molar-refractivity contribution in [3.05, 3.63) is 124 Å². The Morgan fingerprint density at radius 1 is 0.913 bits per heavy atom. The van der Waals surface area contributed by atoms with Crippen molar-refractivity contribution in [2.75, 3.05) is 47.9 Å². The Hall–Kier alpha value is -4.35. The summed E-state index contributed by atoms with van der Waals surface area (Å²) < 4.78 is 7.61. The molecule has 3 heterocycles. The number of carbonyl (C=O) groups is 1. The molecule has 0 saturated carbocycles. The van der Waals surface area contributed by atoms with E-state index < -0.39 is 5.60 Å². The van der Waals surface area contributed by atoms with Gasteiger partial charge in [0.15, 0.2) is 0 Å². The highest BCUT2D eigenvalue weighted by molar-refractivity contribution is 6.35. The first-order valence-electron chi connectivity index (χ1n) is 14.5. The lowest BCUT2D eigenvalue weighted by atomic mass is 9.94. The number of aliphatic hydroxyl groups is 1. The van der Waals surface area contributed by atoms with E-state index >= 15 is 0 Å². The predicted octanol–water partition coefficient (Wildman–Crippen LogP) is 6.18. The summed E-state index contributed by atoms with van der Waals surface area (Å²) in [7, 11) is 0. The quantitative estimate of drug-likeness (QED) is 0.169. The minimum absolute atomic E-state index is 0.0636. The molecule has 5 aromatic rings. The van der Waals surface area contributed by atoms with Crippen molar-refractivity contribution < 1.29 is 14.6 Å². The number of piperazine rings is 1. The third kappa shape index (κ3) is 7.37. The molecular weight excluding hydrogens is 649 g/mol. The molecule has 13 heteroatoms. The van der Waals surface area contributed by atoms with E-state index in [-0.39, 0.29) is 24.2 Å². The summed E-state index contributed by atoms with van der Waals surface area (Å²) >= 11 is 18.6. The lowest BCUT2D eigenvalue weighted by molar-refractivity contribution is -0.0269. The predicted molar refractivity (Wildman–Crippen MR) is 180 cm³/mol. The summed E-state index contributed by atoms with van der Waals surface area (Å²) in [5.74, 6) is 0.312. The number of amides is 1. The molecular formula is C33H30Cl3N7O3. The number of nitrogens with one attached hydrogen (secondary N) is 1. The zero-order valence-electron chi connectivity index (χ0n) is 24.6. The minimum Gasteiger partial charge on any atom is -0.490 e. The van der Waals surface area contributed by atoms with Gasteiger partial charge >= 0.3 is 0 Å². The molecule has 1 amide bonds. The number of carbonyl (C=O) groups excluding carboxylic acids is 1. The van der Waals surface area contributed by atoms with E-state index in [1.807, 2.05) is 48.5 Å². The number of hydrogen-bond acceptors (Lipinski definition) is 8. The van der Waals surface area contributed by atoms with Gasteiger partial charge in [0, 0.05) is 65.0 Å². The zero-order chi connectivity index (χ0) is 32.1. The van der Waals surface area contributed by atoms with Gasteiger partial charge in [-0.2, -0.15) is 5.10 Å². The second kappa shape index (κ2) is 14.0. The number of pyridine rings is 1. The molecule has 0 bridgehead atoms. The Kier molecular flexibility index (Phi) is 9.60. The average Bonchev–Trinajstić information content (AvgIpc) is 3.57. The maximum Gasteiger partial charge on any atom is 0.258 e. The van der Waals surface area contributed by atoms with E-state index in [0.717, 1.165) is 37.6 Å². The third-order valence-corrected chi connectivity index (χ3v) is 8.62. The highest BCUT2D eigenvalue weighted by Gasteiger charge is 2.34. The van der Waals surface area contributed by atoms with Crippen molar-refractivity contribution in [3.8, 4) is 5.75 Å². The molecule has 0 radical (unpaired) electrons. The fraction of sp³-hybridized carbons (Fsp3) is 0.212. The van der Waals surface area contributed by atoms with Gasteiger partial charge in [-0.1, -0.05) is 40.9 Å². The Morgan fingerprint density at radius 2 is 1.59 bits per heavy atom. The lowest BCUT2D eigenvalue weighted by Gasteiger charge is -2.37. The number of rotatable bonds is 10. The fourth-order valence-corrected chi connectivity index (χ4v) is 6.14. The Bertz CT molecular complexity index is 1780. The molecule has 10 nitrogen and oxygen atoms in total. The highest BCUT2D eigenvalue weighted by Crippen LogP contribution is 2.33. The number of hydrogen-bond donors (Lipinski definition) is 2. The van der Waals surface area contributed by atoms with E-state index in [4.69, 9.17) is 39.5 Å². The number of benzene rings is 3. The van der Waals surface area contributed by atoms with Crippen LogP contribution in [0.25, 0.3) is 0 Å². The molecule has 0 aliphatic carbocycles. The van der Waals surface area contributed by atoms with Crippen LogP contribution in [-0.2, 0) is 12.1 Å². The van der Waals surface area contributed by atoms with E-state index in [0.29, 0.717) is 32.6 Å². The summed E-state index contributed by atoms with van der Waals surface area (Å²) in [6.07, 6.45) is 4.48. The summed E-state index contributed by atoms with van der Waals surface area (Å²) in [4.78, 5) is 25.1. The maximum absolute atomic E-state index is 12.5. The number of aromatic nitrogens is 4. The number of halogens is 3. The zero-order valence-corrected chi connectivity index (χ0v) is 26.8. The van der Waals surface area contributed by atoms with Gasteiger partial charge in [0.2, 0.25) is 0 Å². The summed E-state index contributed by atoms with van der Waals surface area (Å²) in [6.45, 7) is 3.38. The minimum atomic E-state index is -1.48. The molecule has 2 aromatic heterocycles. The van der Waals surface area contributed by atoms with Crippen molar-refractivity contribution in [3.63, 3.8) is 0 Å². The van der Waals surface area contributed by atoms with Crippen LogP contribution in [0.1, 0.15) is 15.9 Å². The summed E-state index contributed by atoms with van der Waals surface area (Å²) in [6, 6.07) is 23.9. The SMILES string of the molecule is O=C(Nc1ccc(N2CCN(c3ccc(OCC(O)(Cn4cncn4)c4ccc(Cl)cc4Cl)cc3)CC2)cc1)c1cccnc1Cl.